The van der Waals surface area contributed by atoms with E-state index in [0.29, 0.717) is 16.2 Å². The molecule has 1 aliphatic rings. The van der Waals surface area contributed by atoms with E-state index in [1.807, 2.05) is 60.7 Å². The highest BCUT2D eigenvalue weighted by molar-refractivity contribution is 6.24. The van der Waals surface area contributed by atoms with Crippen molar-refractivity contribution in [2.24, 2.45) is 0 Å². The van der Waals surface area contributed by atoms with Crippen molar-refractivity contribution in [1.29, 1.82) is 0 Å². The number of para-hydroxylation sites is 1. The second-order valence-electron chi connectivity index (χ2n) is 7.96. The fraction of sp³-hybridized carbons (Fsp3) is 0.0769. The predicted molar refractivity (Wildman–Crippen MR) is 127 cm³/mol. The Morgan fingerprint density at radius 3 is 2.31 bits per heavy atom. The third kappa shape index (κ3) is 4.11. The number of ether oxygens (including phenoxy) is 1. The van der Waals surface area contributed by atoms with Crippen molar-refractivity contribution in [2.45, 2.75) is 6.61 Å². The standard InChI is InChI=1S/C26H18N4O6/c31-22(15-28-25(32)20-12-7-13-21(30(34)35)23(20)26(28)33)36-16-18-14-29(19-10-5-2-6-11-19)27-24(18)17-8-3-1-4-9-17/h1-14H,15-16H2. The summed E-state index contributed by atoms with van der Waals surface area (Å²) in [5.74, 6) is -2.52. The van der Waals surface area contributed by atoms with Crippen LogP contribution >= 0.6 is 0 Å². The molecule has 178 valence electrons. The molecule has 5 rings (SSSR count). The molecule has 0 bridgehead atoms. The molecule has 36 heavy (non-hydrogen) atoms. The van der Waals surface area contributed by atoms with Gasteiger partial charge in [-0.1, -0.05) is 54.6 Å². The van der Waals surface area contributed by atoms with Gasteiger partial charge in [-0.25, -0.2) is 4.68 Å². The fourth-order valence-corrected chi connectivity index (χ4v) is 4.01. The number of rotatable bonds is 7. The van der Waals surface area contributed by atoms with E-state index in [1.165, 1.54) is 12.1 Å². The largest absolute Gasteiger partial charge is 0.459 e. The molecule has 0 saturated heterocycles. The quantitative estimate of drug-likeness (QED) is 0.170. The molecule has 0 N–H and O–H groups in total. The average Bonchev–Trinajstić information content (AvgIpc) is 3.44. The number of nitro groups is 1. The van der Waals surface area contributed by atoms with Crippen LogP contribution in [0.25, 0.3) is 16.9 Å². The van der Waals surface area contributed by atoms with Crippen molar-refractivity contribution in [1.82, 2.24) is 14.7 Å². The van der Waals surface area contributed by atoms with E-state index in [2.05, 4.69) is 5.10 Å². The van der Waals surface area contributed by atoms with Crippen molar-refractivity contribution >= 4 is 23.5 Å². The molecule has 2 amide bonds. The first-order valence-electron chi connectivity index (χ1n) is 10.9. The molecule has 0 spiro atoms. The number of imide groups is 1. The summed E-state index contributed by atoms with van der Waals surface area (Å²) in [7, 11) is 0. The molecule has 0 unspecified atom stereocenters. The molecular weight excluding hydrogens is 464 g/mol. The fourth-order valence-electron chi connectivity index (χ4n) is 4.01. The molecule has 0 fully saturated rings. The third-order valence-electron chi connectivity index (χ3n) is 5.71. The summed E-state index contributed by atoms with van der Waals surface area (Å²) < 4.78 is 7.08. The van der Waals surface area contributed by atoms with E-state index in [-0.39, 0.29) is 17.7 Å². The minimum atomic E-state index is -0.902. The molecule has 10 heteroatoms. The first-order chi connectivity index (χ1) is 17.4. The van der Waals surface area contributed by atoms with Gasteiger partial charge in [-0.3, -0.25) is 29.4 Å². The van der Waals surface area contributed by atoms with Gasteiger partial charge < -0.3 is 4.74 Å². The Morgan fingerprint density at radius 2 is 1.61 bits per heavy atom. The van der Waals surface area contributed by atoms with E-state index in [9.17, 15) is 24.5 Å². The van der Waals surface area contributed by atoms with E-state index in [1.54, 1.807) is 10.9 Å². The van der Waals surface area contributed by atoms with Crippen molar-refractivity contribution in [3.63, 3.8) is 0 Å². The van der Waals surface area contributed by atoms with E-state index in [4.69, 9.17) is 4.74 Å². The van der Waals surface area contributed by atoms with Crippen LogP contribution in [0.15, 0.2) is 85.1 Å². The molecular formula is C26H18N4O6. The molecule has 4 aromatic rings. The van der Waals surface area contributed by atoms with Crippen LogP contribution in [0.4, 0.5) is 5.69 Å². The molecule has 10 nitrogen and oxygen atoms in total. The lowest BCUT2D eigenvalue weighted by molar-refractivity contribution is -0.385. The summed E-state index contributed by atoms with van der Waals surface area (Å²) in [4.78, 5) is 49.2. The molecule has 1 aliphatic heterocycles. The van der Waals surface area contributed by atoms with Crippen molar-refractivity contribution in [3.8, 4) is 16.9 Å². The van der Waals surface area contributed by atoms with Crippen LogP contribution in [0.1, 0.15) is 26.3 Å². The van der Waals surface area contributed by atoms with Gasteiger partial charge in [0, 0.05) is 23.4 Å². The Bertz CT molecular complexity index is 1500. The lowest BCUT2D eigenvalue weighted by Gasteiger charge is -2.13. The second-order valence-corrected chi connectivity index (χ2v) is 7.96. The van der Waals surface area contributed by atoms with E-state index in [0.717, 1.165) is 17.3 Å². The number of carbonyl (C=O) groups is 3. The number of nitro benzene ring substituents is 1. The molecule has 3 aromatic carbocycles. The highest BCUT2D eigenvalue weighted by atomic mass is 16.6. The zero-order valence-corrected chi connectivity index (χ0v) is 18.7. The minimum absolute atomic E-state index is 0.113. The first-order valence-corrected chi connectivity index (χ1v) is 10.9. The highest BCUT2D eigenvalue weighted by Gasteiger charge is 2.42. The van der Waals surface area contributed by atoms with Crippen LogP contribution in [-0.4, -0.2) is 43.9 Å². The monoisotopic (exact) mass is 482 g/mol. The second kappa shape index (κ2) is 9.26. The maximum absolute atomic E-state index is 12.7. The Morgan fingerprint density at radius 1 is 0.917 bits per heavy atom. The van der Waals surface area contributed by atoms with Gasteiger partial charge in [-0.2, -0.15) is 5.10 Å². The Hall–Kier alpha value is -5.12. The minimum Gasteiger partial charge on any atom is -0.459 e. The van der Waals surface area contributed by atoms with Gasteiger partial charge >= 0.3 is 5.97 Å². The van der Waals surface area contributed by atoms with E-state index < -0.39 is 34.9 Å². The topological polar surface area (TPSA) is 125 Å². The number of nitrogens with zero attached hydrogens (tertiary/aromatic N) is 4. The molecule has 0 saturated carbocycles. The number of benzene rings is 3. The number of hydrogen-bond donors (Lipinski definition) is 0. The number of esters is 1. The maximum Gasteiger partial charge on any atom is 0.326 e. The molecule has 0 atom stereocenters. The summed E-state index contributed by atoms with van der Waals surface area (Å²) >= 11 is 0. The Labute approximate surface area is 204 Å². The summed E-state index contributed by atoms with van der Waals surface area (Å²) in [6.45, 7) is -0.823. The van der Waals surface area contributed by atoms with Gasteiger partial charge in [0.1, 0.15) is 18.7 Å². The van der Waals surface area contributed by atoms with Gasteiger partial charge in [0.25, 0.3) is 17.5 Å². The van der Waals surface area contributed by atoms with Crippen molar-refractivity contribution in [3.05, 3.63) is 112 Å². The molecule has 2 heterocycles. The van der Waals surface area contributed by atoms with Gasteiger partial charge in [-0.05, 0) is 18.2 Å². The van der Waals surface area contributed by atoms with Crippen molar-refractivity contribution < 1.29 is 24.0 Å². The Kier molecular flexibility index (Phi) is 5.83. The third-order valence-corrected chi connectivity index (χ3v) is 5.71. The SMILES string of the molecule is O=C(CN1C(=O)c2cccc([N+](=O)[O-])c2C1=O)OCc1cn(-c2ccccc2)nc1-c1ccccc1. The maximum atomic E-state index is 12.7. The summed E-state index contributed by atoms with van der Waals surface area (Å²) in [5.41, 5.74) is 1.96. The summed E-state index contributed by atoms with van der Waals surface area (Å²) in [6, 6.07) is 22.6. The lowest BCUT2D eigenvalue weighted by atomic mass is 10.1. The van der Waals surface area contributed by atoms with E-state index >= 15 is 0 Å². The smallest absolute Gasteiger partial charge is 0.326 e. The molecule has 0 radical (unpaired) electrons. The zero-order chi connectivity index (χ0) is 25.2. The Balaban J connectivity index is 1.35. The van der Waals surface area contributed by atoms with Gasteiger partial charge in [0.05, 0.1) is 21.9 Å². The molecule has 1 aromatic heterocycles. The summed E-state index contributed by atoms with van der Waals surface area (Å²) in [5, 5.41) is 15.9. The van der Waals surface area contributed by atoms with Crippen molar-refractivity contribution in [2.75, 3.05) is 6.54 Å². The number of hydrogen-bond acceptors (Lipinski definition) is 7. The number of aromatic nitrogens is 2. The van der Waals surface area contributed by atoms with Crippen LogP contribution in [0.2, 0.25) is 0 Å². The van der Waals surface area contributed by atoms with Crippen LogP contribution in [0.5, 0.6) is 0 Å². The highest BCUT2D eigenvalue weighted by Crippen LogP contribution is 2.31. The van der Waals surface area contributed by atoms with Gasteiger partial charge in [0.2, 0.25) is 0 Å². The number of fused-ring (bicyclic) bond motifs is 1. The van der Waals surface area contributed by atoms with Crippen LogP contribution in [-0.2, 0) is 16.1 Å². The number of amides is 2. The zero-order valence-electron chi connectivity index (χ0n) is 18.7. The lowest BCUT2D eigenvalue weighted by Crippen LogP contribution is -2.35. The number of carbonyl (C=O) groups excluding carboxylic acids is 3. The summed E-state index contributed by atoms with van der Waals surface area (Å²) in [6.07, 6.45) is 1.75. The first kappa shape index (κ1) is 22.7. The van der Waals surface area contributed by atoms with Crippen LogP contribution in [0, 0.1) is 10.1 Å². The van der Waals surface area contributed by atoms with Gasteiger partial charge in [0.15, 0.2) is 0 Å². The van der Waals surface area contributed by atoms with Crippen LogP contribution in [0.3, 0.4) is 0 Å². The predicted octanol–water partition coefficient (Wildman–Crippen LogP) is 3.79. The van der Waals surface area contributed by atoms with Crippen LogP contribution < -0.4 is 0 Å². The van der Waals surface area contributed by atoms with Gasteiger partial charge in [-0.15, -0.1) is 0 Å². The normalized spacial score (nSPS) is 12.5. The molecule has 0 aliphatic carbocycles. The average molecular weight is 482 g/mol.